The number of hydrogen-bond donors (Lipinski definition) is 1. The second kappa shape index (κ2) is 5.58. The third-order valence-corrected chi connectivity index (χ3v) is 3.80. The Hall–Kier alpha value is -1.60. The van der Waals surface area contributed by atoms with E-state index in [2.05, 4.69) is 63.2 Å². The van der Waals surface area contributed by atoms with E-state index in [0.29, 0.717) is 0 Å². The van der Waals surface area contributed by atoms with E-state index in [9.17, 15) is 0 Å². The first-order valence-corrected chi connectivity index (χ1v) is 7.00. The zero-order valence-electron chi connectivity index (χ0n) is 12.1. The van der Waals surface area contributed by atoms with E-state index in [0.717, 1.165) is 12.8 Å². The molecule has 0 aliphatic heterocycles. The summed E-state index contributed by atoms with van der Waals surface area (Å²) in [7, 11) is 0. The SMILES string of the molecule is CCCC(N)(c1ccccc1)c1ccc(C)cc1C. The Labute approximate surface area is 116 Å². The van der Waals surface area contributed by atoms with Crippen molar-refractivity contribution < 1.29 is 0 Å². The van der Waals surface area contributed by atoms with Crippen molar-refractivity contribution in [1.29, 1.82) is 0 Å². The molecule has 100 valence electrons. The van der Waals surface area contributed by atoms with Crippen LogP contribution < -0.4 is 5.73 Å². The summed E-state index contributed by atoms with van der Waals surface area (Å²) in [5.74, 6) is 0. The lowest BCUT2D eigenvalue weighted by molar-refractivity contribution is 0.482. The Morgan fingerprint density at radius 3 is 2.26 bits per heavy atom. The molecule has 2 aromatic rings. The van der Waals surface area contributed by atoms with Gasteiger partial charge in [0.15, 0.2) is 0 Å². The monoisotopic (exact) mass is 253 g/mol. The molecule has 0 spiro atoms. The molecule has 0 fully saturated rings. The molecule has 0 saturated carbocycles. The summed E-state index contributed by atoms with van der Waals surface area (Å²) in [5.41, 5.74) is 11.4. The van der Waals surface area contributed by atoms with Crippen LogP contribution in [0.4, 0.5) is 0 Å². The maximum Gasteiger partial charge on any atom is 0.0668 e. The number of nitrogens with two attached hydrogens (primary N) is 1. The summed E-state index contributed by atoms with van der Waals surface area (Å²) in [6.45, 7) is 6.47. The fourth-order valence-corrected chi connectivity index (χ4v) is 2.88. The minimum absolute atomic E-state index is 0.381. The zero-order valence-corrected chi connectivity index (χ0v) is 12.1. The maximum atomic E-state index is 6.80. The van der Waals surface area contributed by atoms with Gasteiger partial charge in [-0.15, -0.1) is 0 Å². The van der Waals surface area contributed by atoms with E-state index < -0.39 is 0 Å². The highest BCUT2D eigenvalue weighted by Gasteiger charge is 2.29. The van der Waals surface area contributed by atoms with Gasteiger partial charge in [-0.05, 0) is 37.0 Å². The van der Waals surface area contributed by atoms with Crippen LogP contribution in [0.2, 0.25) is 0 Å². The van der Waals surface area contributed by atoms with E-state index in [4.69, 9.17) is 5.73 Å². The Morgan fingerprint density at radius 1 is 1.00 bits per heavy atom. The van der Waals surface area contributed by atoms with Crippen LogP contribution in [-0.4, -0.2) is 0 Å². The third-order valence-electron chi connectivity index (χ3n) is 3.80. The molecule has 0 aliphatic rings. The molecule has 0 heterocycles. The molecule has 0 radical (unpaired) electrons. The number of rotatable bonds is 4. The number of benzene rings is 2. The Kier molecular flexibility index (Phi) is 4.06. The molecule has 2 aromatic carbocycles. The van der Waals surface area contributed by atoms with Gasteiger partial charge in [0.25, 0.3) is 0 Å². The van der Waals surface area contributed by atoms with Crippen molar-refractivity contribution in [3.05, 3.63) is 70.8 Å². The zero-order chi connectivity index (χ0) is 13.9. The Bertz CT molecular complexity index is 545. The van der Waals surface area contributed by atoms with Crippen LogP contribution in [0.1, 0.15) is 42.0 Å². The molecule has 1 atom stereocenters. The van der Waals surface area contributed by atoms with Gasteiger partial charge < -0.3 is 5.73 Å². The molecular weight excluding hydrogens is 230 g/mol. The maximum absolute atomic E-state index is 6.80. The van der Waals surface area contributed by atoms with E-state index in [1.54, 1.807) is 0 Å². The van der Waals surface area contributed by atoms with Gasteiger partial charge >= 0.3 is 0 Å². The van der Waals surface area contributed by atoms with Gasteiger partial charge in [-0.1, -0.05) is 67.4 Å². The predicted molar refractivity (Wildman–Crippen MR) is 82.2 cm³/mol. The third kappa shape index (κ3) is 2.71. The molecule has 19 heavy (non-hydrogen) atoms. The molecular formula is C18H23N. The van der Waals surface area contributed by atoms with Gasteiger partial charge in [-0.25, -0.2) is 0 Å². The van der Waals surface area contributed by atoms with Gasteiger partial charge in [0.05, 0.1) is 5.54 Å². The fourth-order valence-electron chi connectivity index (χ4n) is 2.88. The minimum Gasteiger partial charge on any atom is -0.318 e. The van der Waals surface area contributed by atoms with Crippen molar-refractivity contribution in [2.75, 3.05) is 0 Å². The summed E-state index contributed by atoms with van der Waals surface area (Å²) in [5, 5.41) is 0. The molecule has 0 aromatic heterocycles. The first kappa shape index (κ1) is 13.8. The number of aryl methyl sites for hydroxylation is 2. The fraction of sp³-hybridized carbons (Fsp3) is 0.333. The van der Waals surface area contributed by atoms with Crippen LogP contribution in [0, 0.1) is 13.8 Å². The van der Waals surface area contributed by atoms with Crippen molar-refractivity contribution in [1.82, 2.24) is 0 Å². The summed E-state index contributed by atoms with van der Waals surface area (Å²) < 4.78 is 0. The van der Waals surface area contributed by atoms with Crippen LogP contribution in [0.5, 0.6) is 0 Å². The number of hydrogen-bond acceptors (Lipinski definition) is 1. The predicted octanol–water partition coefficient (Wildman–Crippen LogP) is 4.31. The average molecular weight is 253 g/mol. The van der Waals surface area contributed by atoms with Gasteiger partial charge in [0.2, 0.25) is 0 Å². The molecule has 0 aliphatic carbocycles. The van der Waals surface area contributed by atoms with Crippen LogP contribution >= 0.6 is 0 Å². The van der Waals surface area contributed by atoms with Crippen LogP contribution in [0.15, 0.2) is 48.5 Å². The Balaban J connectivity index is 2.56. The quantitative estimate of drug-likeness (QED) is 0.863. The lowest BCUT2D eigenvalue weighted by Gasteiger charge is -2.32. The summed E-state index contributed by atoms with van der Waals surface area (Å²) >= 11 is 0. The highest BCUT2D eigenvalue weighted by Crippen LogP contribution is 2.33. The molecule has 0 amide bonds. The van der Waals surface area contributed by atoms with E-state index in [1.807, 2.05) is 6.07 Å². The van der Waals surface area contributed by atoms with Crippen molar-refractivity contribution in [3.8, 4) is 0 Å². The highest BCUT2D eigenvalue weighted by atomic mass is 14.7. The van der Waals surface area contributed by atoms with Crippen LogP contribution in [0.25, 0.3) is 0 Å². The molecule has 1 heteroatoms. The minimum atomic E-state index is -0.381. The lowest BCUT2D eigenvalue weighted by atomic mass is 9.78. The summed E-state index contributed by atoms with van der Waals surface area (Å²) in [4.78, 5) is 0. The molecule has 2 N–H and O–H groups in total. The molecule has 0 bridgehead atoms. The molecule has 1 nitrogen and oxygen atoms in total. The van der Waals surface area contributed by atoms with Crippen molar-refractivity contribution in [3.63, 3.8) is 0 Å². The molecule has 1 unspecified atom stereocenters. The largest absolute Gasteiger partial charge is 0.318 e. The normalized spacial score (nSPS) is 14.1. The molecule has 0 saturated heterocycles. The second-order valence-corrected chi connectivity index (χ2v) is 5.41. The lowest BCUT2D eigenvalue weighted by Crippen LogP contribution is -2.38. The topological polar surface area (TPSA) is 26.0 Å². The Morgan fingerprint density at radius 2 is 1.68 bits per heavy atom. The smallest absolute Gasteiger partial charge is 0.0668 e. The van der Waals surface area contributed by atoms with Crippen molar-refractivity contribution in [2.24, 2.45) is 5.73 Å². The van der Waals surface area contributed by atoms with Crippen LogP contribution in [0.3, 0.4) is 0 Å². The second-order valence-electron chi connectivity index (χ2n) is 5.41. The van der Waals surface area contributed by atoms with E-state index >= 15 is 0 Å². The average Bonchev–Trinajstić information content (AvgIpc) is 2.39. The van der Waals surface area contributed by atoms with Crippen molar-refractivity contribution >= 4 is 0 Å². The standard InChI is InChI=1S/C18H23N/c1-4-12-18(19,16-8-6-5-7-9-16)17-11-10-14(2)13-15(17)3/h5-11,13H,4,12,19H2,1-3H3. The van der Waals surface area contributed by atoms with Crippen LogP contribution in [-0.2, 0) is 5.54 Å². The molecule has 2 rings (SSSR count). The van der Waals surface area contributed by atoms with Gasteiger partial charge in [-0.2, -0.15) is 0 Å². The first-order valence-electron chi connectivity index (χ1n) is 7.00. The highest BCUT2D eigenvalue weighted by molar-refractivity contribution is 5.43. The van der Waals surface area contributed by atoms with E-state index in [1.165, 1.54) is 22.3 Å². The first-order chi connectivity index (χ1) is 9.08. The summed E-state index contributed by atoms with van der Waals surface area (Å²) in [6, 6.07) is 17.0. The van der Waals surface area contributed by atoms with E-state index in [-0.39, 0.29) is 5.54 Å². The van der Waals surface area contributed by atoms with Gasteiger partial charge in [0, 0.05) is 0 Å². The van der Waals surface area contributed by atoms with Gasteiger partial charge in [-0.3, -0.25) is 0 Å². The summed E-state index contributed by atoms with van der Waals surface area (Å²) in [6.07, 6.45) is 2.03. The van der Waals surface area contributed by atoms with Crippen molar-refractivity contribution in [2.45, 2.75) is 39.2 Å². The van der Waals surface area contributed by atoms with Gasteiger partial charge in [0.1, 0.15) is 0 Å².